The molecule has 1 rings (SSSR count). The van der Waals surface area contributed by atoms with E-state index in [1.165, 1.54) is 0 Å². The molecule has 0 spiro atoms. The first-order valence-electron chi connectivity index (χ1n) is 6.96. The van der Waals surface area contributed by atoms with E-state index in [-0.39, 0.29) is 0 Å². The highest BCUT2D eigenvalue weighted by Gasteiger charge is 1.99. The van der Waals surface area contributed by atoms with Crippen LogP contribution in [0.25, 0.3) is 0 Å². The Bertz CT molecular complexity index is 341. The molecule has 0 aromatic carbocycles. The highest BCUT2D eigenvalue weighted by molar-refractivity contribution is 4.96. The van der Waals surface area contributed by atoms with Crippen molar-refractivity contribution in [3.63, 3.8) is 0 Å². The van der Waals surface area contributed by atoms with Gasteiger partial charge in [0.1, 0.15) is 12.2 Å². The van der Waals surface area contributed by atoms with Gasteiger partial charge in [-0.05, 0) is 31.8 Å². The van der Waals surface area contributed by atoms with Crippen LogP contribution in [-0.4, -0.2) is 27.9 Å². The fraction of sp³-hybridized carbons (Fsp3) is 0.714. The summed E-state index contributed by atoms with van der Waals surface area (Å²) in [7, 11) is 0. The zero-order chi connectivity index (χ0) is 13.2. The zero-order valence-electron chi connectivity index (χ0n) is 11.9. The van der Waals surface area contributed by atoms with Crippen molar-refractivity contribution in [2.24, 2.45) is 5.92 Å². The summed E-state index contributed by atoms with van der Waals surface area (Å²) in [5.41, 5.74) is 0. The van der Waals surface area contributed by atoms with Crippen LogP contribution in [0.1, 0.15) is 39.4 Å². The molecular weight excluding hydrogens is 224 g/mol. The van der Waals surface area contributed by atoms with E-state index in [0.29, 0.717) is 0 Å². The molecule has 0 aliphatic heterocycles. The summed E-state index contributed by atoms with van der Waals surface area (Å²) in [4.78, 5) is 4.28. The van der Waals surface area contributed by atoms with E-state index in [1.807, 2.05) is 4.68 Å². The van der Waals surface area contributed by atoms with Gasteiger partial charge < -0.3 is 5.32 Å². The van der Waals surface area contributed by atoms with E-state index in [0.717, 1.165) is 50.6 Å². The van der Waals surface area contributed by atoms with Crippen molar-refractivity contribution in [3.8, 4) is 0 Å². The third kappa shape index (κ3) is 5.96. The Balaban J connectivity index is 2.17. The van der Waals surface area contributed by atoms with Crippen molar-refractivity contribution in [2.75, 3.05) is 13.1 Å². The van der Waals surface area contributed by atoms with E-state index in [4.69, 9.17) is 0 Å². The fourth-order valence-electron chi connectivity index (χ4n) is 1.73. The minimum Gasteiger partial charge on any atom is -0.316 e. The molecule has 0 aliphatic carbocycles. The molecule has 0 atom stereocenters. The molecule has 0 radical (unpaired) electrons. The Hall–Kier alpha value is -1.16. The molecular formula is C14H26N4. The first kappa shape index (κ1) is 14.9. The summed E-state index contributed by atoms with van der Waals surface area (Å²) in [6.07, 6.45) is 9.10. The molecule has 4 heteroatoms. The van der Waals surface area contributed by atoms with Crippen LogP contribution in [0.3, 0.4) is 0 Å². The molecule has 18 heavy (non-hydrogen) atoms. The van der Waals surface area contributed by atoms with Gasteiger partial charge in [0.2, 0.25) is 0 Å². The van der Waals surface area contributed by atoms with E-state index in [1.54, 1.807) is 6.33 Å². The van der Waals surface area contributed by atoms with Gasteiger partial charge in [0.05, 0.1) is 0 Å². The molecule has 0 aliphatic rings. The molecule has 1 aromatic rings. The Morgan fingerprint density at radius 2 is 2.22 bits per heavy atom. The van der Waals surface area contributed by atoms with Crippen molar-refractivity contribution in [1.29, 1.82) is 0 Å². The molecule has 1 N–H and O–H groups in total. The summed E-state index contributed by atoms with van der Waals surface area (Å²) in [5, 5.41) is 7.64. The standard InChI is InChI=1S/C14H26N4/c1-4-10-18-14(16-12-17-18)8-6-5-7-9-15-11-13(2)3/h5-6,12-13,15H,4,7-11H2,1-3H3. The second-order valence-corrected chi connectivity index (χ2v) is 4.96. The molecule has 102 valence electrons. The van der Waals surface area contributed by atoms with Gasteiger partial charge in [-0.3, -0.25) is 0 Å². The number of aryl methyl sites for hydroxylation is 1. The van der Waals surface area contributed by atoms with Crippen molar-refractivity contribution in [1.82, 2.24) is 20.1 Å². The normalized spacial score (nSPS) is 11.8. The molecule has 0 unspecified atom stereocenters. The average molecular weight is 250 g/mol. The third-order valence-electron chi connectivity index (χ3n) is 2.64. The lowest BCUT2D eigenvalue weighted by Gasteiger charge is -2.05. The van der Waals surface area contributed by atoms with Crippen LogP contribution in [0.2, 0.25) is 0 Å². The first-order valence-corrected chi connectivity index (χ1v) is 6.96. The number of nitrogens with one attached hydrogen (secondary N) is 1. The number of rotatable bonds is 9. The Morgan fingerprint density at radius 3 is 2.94 bits per heavy atom. The monoisotopic (exact) mass is 250 g/mol. The van der Waals surface area contributed by atoms with Gasteiger partial charge in [-0.15, -0.1) is 0 Å². The quantitative estimate of drug-likeness (QED) is 0.540. The lowest BCUT2D eigenvalue weighted by molar-refractivity contribution is 0.556. The maximum atomic E-state index is 4.28. The minimum absolute atomic E-state index is 0.724. The van der Waals surface area contributed by atoms with Crippen LogP contribution in [0.5, 0.6) is 0 Å². The summed E-state index contributed by atoms with van der Waals surface area (Å²) >= 11 is 0. The number of hydrogen-bond donors (Lipinski definition) is 1. The number of allylic oxidation sites excluding steroid dienone is 1. The molecule has 0 amide bonds. The van der Waals surface area contributed by atoms with Gasteiger partial charge in [-0.1, -0.05) is 32.9 Å². The summed E-state index contributed by atoms with van der Waals surface area (Å²) in [6, 6.07) is 0. The predicted molar refractivity (Wildman–Crippen MR) is 75.5 cm³/mol. The summed E-state index contributed by atoms with van der Waals surface area (Å²) in [6.45, 7) is 9.71. The molecule has 1 heterocycles. The van der Waals surface area contributed by atoms with Gasteiger partial charge in [-0.25, -0.2) is 9.67 Å². The number of hydrogen-bond acceptors (Lipinski definition) is 3. The topological polar surface area (TPSA) is 42.7 Å². The van der Waals surface area contributed by atoms with Crippen molar-refractivity contribution in [3.05, 3.63) is 24.3 Å². The second-order valence-electron chi connectivity index (χ2n) is 4.96. The number of nitrogens with zero attached hydrogens (tertiary/aromatic N) is 3. The third-order valence-corrected chi connectivity index (χ3v) is 2.64. The minimum atomic E-state index is 0.724. The van der Waals surface area contributed by atoms with Crippen molar-refractivity contribution < 1.29 is 0 Å². The molecule has 4 nitrogen and oxygen atoms in total. The van der Waals surface area contributed by atoms with Gasteiger partial charge in [0.25, 0.3) is 0 Å². The van der Waals surface area contributed by atoms with Crippen LogP contribution in [0.15, 0.2) is 18.5 Å². The maximum Gasteiger partial charge on any atom is 0.138 e. The SMILES string of the molecule is CCCn1ncnc1CC=CCCNCC(C)C. The van der Waals surface area contributed by atoms with Gasteiger partial charge in [0, 0.05) is 13.0 Å². The highest BCUT2D eigenvalue weighted by atomic mass is 15.3. The number of aromatic nitrogens is 3. The Labute approximate surface area is 110 Å². The Morgan fingerprint density at radius 1 is 1.39 bits per heavy atom. The van der Waals surface area contributed by atoms with E-state index < -0.39 is 0 Å². The van der Waals surface area contributed by atoms with Gasteiger partial charge in [0.15, 0.2) is 0 Å². The van der Waals surface area contributed by atoms with Gasteiger partial charge >= 0.3 is 0 Å². The highest BCUT2D eigenvalue weighted by Crippen LogP contribution is 1.98. The summed E-state index contributed by atoms with van der Waals surface area (Å²) < 4.78 is 1.99. The van der Waals surface area contributed by atoms with E-state index in [9.17, 15) is 0 Å². The van der Waals surface area contributed by atoms with Crippen LogP contribution >= 0.6 is 0 Å². The molecule has 0 saturated carbocycles. The van der Waals surface area contributed by atoms with Crippen LogP contribution < -0.4 is 5.32 Å². The molecule has 1 aromatic heterocycles. The molecule has 0 saturated heterocycles. The first-order chi connectivity index (χ1) is 8.74. The lowest BCUT2D eigenvalue weighted by Crippen LogP contribution is -2.20. The van der Waals surface area contributed by atoms with Crippen molar-refractivity contribution >= 4 is 0 Å². The molecule has 0 bridgehead atoms. The average Bonchev–Trinajstić information content (AvgIpc) is 2.76. The maximum absolute atomic E-state index is 4.28. The zero-order valence-corrected chi connectivity index (χ0v) is 11.9. The van der Waals surface area contributed by atoms with E-state index >= 15 is 0 Å². The lowest BCUT2D eigenvalue weighted by atomic mass is 10.2. The smallest absolute Gasteiger partial charge is 0.138 e. The predicted octanol–water partition coefficient (Wildman–Crippen LogP) is 2.42. The van der Waals surface area contributed by atoms with E-state index in [2.05, 4.69) is 48.3 Å². The molecule has 0 fully saturated rings. The second kappa shape index (κ2) is 8.86. The summed E-state index contributed by atoms with van der Waals surface area (Å²) in [5.74, 6) is 1.78. The largest absolute Gasteiger partial charge is 0.316 e. The van der Waals surface area contributed by atoms with Crippen LogP contribution in [0, 0.1) is 5.92 Å². The van der Waals surface area contributed by atoms with Crippen molar-refractivity contribution in [2.45, 2.75) is 46.6 Å². The van der Waals surface area contributed by atoms with Crippen LogP contribution in [0.4, 0.5) is 0 Å². The Kier molecular flexibility index (Phi) is 7.34. The van der Waals surface area contributed by atoms with Crippen LogP contribution in [-0.2, 0) is 13.0 Å². The van der Waals surface area contributed by atoms with Gasteiger partial charge in [-0.2, -0.15) is 5.10 Å². The fourth-order valence-corrected chi connectivity index (χ4v) is 1.73.